The van der Waals surface area contributed by atoms with Crippen LogP contribution in [-0.4, -0.2) is 22.8 Å². The first-order valence-corrected chi connectivity index (χ1v) is 5.46. The Balaban J connectivity index is 2.61. The maximum atomic E-state index is 11.3. The van der Waals surface area contributed by atoms with Crippen LogP contribution in [0.1, 0.15) is 12.5 Å². The highest BCUT2D eigenvalue weighted by Crippen LogP contribution is 2.13. The van der Waals surface area contributed by atoms with Gasteiger partial charge < -0.3 is 10.1 Å². The van der Waals surface area contributed by atoms with E-state index in [1.165, 1.54) is 0 Å². The molecule has 1 rings (SSSR count). The molecule has 4 nitrogen and oxygen atoms in total. The molecule has 0 aromatic carbocycles. The molecule has 1 amide bonds. The summed E-state index contributed by atoms with van der Waals surface area (Å²) < 4.78 is 5.06. The van der Waals surface area contributed by atoms with Gasteiger partial charge in [-0.25, -0.2) is 4.98 Å². The van der Waals surface area contributed by atoms with Crippen LogP contribution in [0.5, 0.6) is 5.88 Å². The van der Waals surface area contributed by atoms with Crippen molar-refractivity contribution in [3.63, 3.8) is 0 Å². The maximum Gasteiger partial charge on any atom is 0.233 e. The normalized spacial score (nSPS) is 11.9. The number of carbonyl (C=O) groups excluding carboxylic acids is 1. The minimum Gasteiger partial charge on any atom is -0.481 e. The largest absolute Gasteiger partial charge is 0.481 e. The van der Waals surface area contributed by atoms with Gasteiger partial charge in [-0.1, -0.05) is 22.0 Å². The molecule has 0 saturated heterocycles. The SMILES string of the molecule is COc1ncccc1CNC(=O)C(C)Br. The zero-order valence-electron chi connectivity index (χ0n) is 8.66. The molecule has 1 N–H and O–H groups in total. The van der Waals surface area contributed by atoms with Gasteiger partial charge in [0.1, 0.15) is 0 Å². The molecule has 0 aliphatic carbocycles. The van der Waals surface area contributed by atoms with Gasteiger partial charge in [-0.3, -0.25) is 4.79 Å². The molecule has 0 spiro atoms. The lowest BCUT2D eigenvalue weighted by Gasteiger charge is -2.09. The Morgan fingerprint density at radius 1 is 1.73 bits per heavy atom. The van der Waals surface area contributed by atoms with Gasteiger partial charge in [-0.2, -0.15) is 0 Å². The Labute approximate surface area is 97.2 Å². The highest BCUT2D eigenvalue weighted by molar-refractivity contribution is 9.10. The number of methoxy groups -OCH3 is 1. The molecule has 1 heterocycles. The zero-order valence-corrected chi connectivity index (χ0v) is 10.2. The number of hydrogen-bond acceptors (Lipinski definition) is 3. The zero-order chi connectivity index (χ0) is 11.3. The van der Waals surface area contributed by atoms with Crippen molar-refractivity contribution in [1.29, 1.82) is 0 Å². The molecule has 15 heavy (non-hydrogen) atoms. The quantitative estimate of drug-likeness (QED) is 0.845. The highest BCUT2D eigenvalue weighted by Gasteiger charge is 2.09. The van der Waals surface area contributed by atoms with E-state index in [2.05, 4.69) is 26.2 Å². The van der Waals surface area contributed by atoms with Crippen LogP contribution in [0.2, 0.25) is 0 Å². The van der Waals surface area contributed by atoms with E-state index >= 15 is 0 Å². The van der Waals surface area contributed by atoms with E-state index in [0.29, 0.717) is 12.4 Å². The van der Waals surface area contributed by atoms with Gasteiger partial charge in [0, 0.05) is 18.3 Å². The van der Waals surface area contributed by atoms with E-state index in [1.54, 1.807) is 20.2 Å². The number of ether oxygens (including phenoxy) is 1. The van der Waals surface area contributed by atoms with E-state index in [-0.39, 0.29) is 10.7 Å². The molecule has 1 unspecified atom stereocenters. The van der Waals surface area contributed by atoms with Crippen molar-refractivity contribution in [2.45, 2.75) is 18.3 Å². The predicted molar refractivity (Wildman–Crippen MR) is 61.0 cm³/mol. The minimum atomic E-state index is -0.194. The van der Waals surface area contributed by atoms with Gasteiger partial charge in [0.2, 0.25) is 11.8 Å². The molecule has 0 fully saturated rings. The monoisotopic (exact) mass is 272 g/mol. The third-order valence-electron chi connectivity index (χ3n) is 1.86. The van der Waals surface area contributed by atoms with E-state index in [4.69, 9.17) is 4.74 Å². The maximum absolute atomic E-state index is 11.3. The second-order valence-electron chi connectivity index (χ2n) is 3.01. The van der Waals surface area contributed by atoms with Crippen molar-refractivity contribution in [3.05, 3.63) is 23.9 Å². The Kier molecular flexibility index (Phi) is 4.55. The van der Waals surface area contributed by atoms with Crippen molar-refractivity contribution in [2.24, 2.45) is 0 Å². The summed E-state index contributed by atoms with van der Waals surface area (Å²) in [5.74, 6) is 0.487. The van der Waals surface area contributed by atoms with Crippen LogP contribution in [0.3, 0.4) is 0 Å². The summed E-state index contributed by atoms with van der Waals surface area (Å²) in [5, 5.41) is 2.77. The third kappa shape index (κ3) is 3.51. The summed E-state index contributed by atoms with van der Waals surface area (Å²) in [7, 11) is 1.56. The Morgan fingerprint density at radius 3 is 3.07 bits per heavy atom. The number of halogens is 1. The van der Waals surface area contributed by atoms with Crippen molar-refractivity contribution in [2.75, 3.05) is 7.11 Å². The smallest absolute Gasteiger partial charge is 0.233 e. The van der Waals surface area contributed by atoms with Crippen LogP contribution in [0, 0.1) is 0 Å². The van der Waals surface area contributed by atoms with Crippen molar-refractivity contribution < 1.29 is 9.53 Å². The molecule has 0 aliphatic heterocycles. The summed E-state index contributed by atoms with van der Waals surface area (Å²) in [6.07, 6.45) is 1.65. The number of nitrogens with zero attached hydrogens (tertiary/aromatic N) is 1. The molecule has 1 aromatic heterocycles. The highest BCUT2D eigenvalue weighted by atomic mass is 79.9. The molecular formula is C10H13BrN2O2. The van der Waals surface area contributed by atoms with Crippen molar-refractivity contribution >= 4 is 21.8 Å². The van der Waals surface area contributed by atoms with Crippen LogP contribution >= 0.6 is 15.9 Å². The molecule has 1 atom stereocenters. The fraction of sp³-hybridized carbons (Fsp3) is 0.400. The number of amides is 1. The van der Waals surface area contributed by atoms with Crippen LogP contribution in [0.15, 0.2) is 18.3 Å². The lowest BCUT2D eigenvalue weighted by atomic mass is 10.2. The first-order chi connectivity index (χ1) is 7.15. The van der Waals surface area contributed by atoms with Gasteiger partial charge in [0.05, 0.1) is 11.9 Å². The molecule has 0 radical (unpaired) electrons. The Hall–Kier alpha value is -1.10. The van der Waals surface area contributed by atoms with Gasteiger partial charge in [-0.05, 0) is 13.0 Å². The molecule has 0 saturated carbocycles. The summed E-state index contributed by atoms with van der Waals surface area (Å²) in [6, 6.07) is 3.67. The summed E-state index contributed by atoms with van der Waals surface area (Å²) >= 11 is 3.19. The molecule has 82 valence electrons. The summed E-state index contributed by atoms with van der Waals surface area (Å²) in [4.78, 5) is 15.1. The number of carbonyl (C=O) groups is 1. The average molecular weight is 273 g/mol. The van der Waals surface area contributed by atoms with Gasteiger partial charge in [0.25, 0.3) is 0 Å². The minimum absolute atomic E-state index is 0.0547. The van der Waals surface area contributed by atoms with Crippen LogP contribution < -0.4 is 10.1 Å². The predicted octanol–water partition coefficient (Wildman–Crippen LogP) is 1.49. The topological polar surface area (TPSA) is 51.2 Å². The van der Waals surface area contributed by atoms with Crippen LogP contribution in [0.4, 0.5) is 0 Å². The number of rotatable bonds is 4. The van der Waals surface area contributed by atoms with E-state index in [0.717, 1.165) is 5.56 Å². The molecule has 0 bridgehead atoms. The van der Waals surface area contributed by atoms with Crippen molar-refractivity contribution in [3.8, 4) is 5.88 Å². The number of nitrogens with one attached hydrogen (secondary N) is 1. The fourth-order valence-corrected chi connectivity index (χ4v) is 1.23. The van der Waals surface area contributed by atoms with Crippen LogP contribution in [0.25, 0.3) is 0 Å². The van der Waals surface area contributed by atoms with Crippen molar-refractivity contribution in [1.82, 2.24) is 10.3 Å². The number of aromatic nitrogens is 1. The summed E-state index contributed by atoms with van der Waals surface area (Å²) in [6.45, 7) is 2.20. The second-order valence-corrected chi connectivity index (χ2v) is 4.38. The summed E-state index contributed by atoms with van der Waals surface area (Å²) in [5.41, 5.74) is 0.863. The lowest BCUT2D eigenvalue weighted by Crippen LogP contribution is -2.28. The standard InChI is InChI=1S/C10H13BrN2O2/c1-7(11)9(14)13-6-8-4-3-5-12-10(8)15-2/h3-5,7H,6H2,1-2H3,(H,13,14). The van der Waals surface area contributed by atoms with E-state index < -0.39 is 0 Å². The van der Waals surface area contributed by atoms with Crippen LogP contribution in [-0.2, 0) is 11.3 Å². The fourth-order valence-electron chi connectivity index (χ4n) is 1.07. The first-order valence-electron chi connectivity index (χ1n) is 4.54. The second kappa shape index (κ2) is 5.70. The Morgan fingerprint density at radius 2 is 2.47 bits per heavy atom. The van der Waals surface area contributed by atoms with E-state index in [1.807, 2.05) is 12.1 Å². The van der Waals surface area contributed by atoms with Gasteiger partial charge >= 0.3 is 0 Å². The number of pyridine rings is 1. The number of alkyl halides is 1. The number of hydrogen-bond donors (Lipinski definition) is 1. The Bertz CT molecular complexity index is 342. The van der Waals surface area contributed by atoms with E-state index in [9.17, 15) is 4.79 Å². The molecular weight excluding hydrogens is 260 g/mol. The third-order valence-corrected chi connectivity index (χ3v) is 2.27. The molecule has 0 aliphatic rings. The van der Waals surface area contributed by atoms with Gasteiger partial charge in [-0.15, -0.1) is 0 Å². The van der Waals surface area contributed by atoms with Gasteiger partial charge in [0.15, 0.2) is 0 Å². The molecule has 1 aromatic rings. The molecule has 5 heteroatoms. The lowest BCUT2D eigenvalue weighted by molar-refractivity contribution is -0.120. The average Bonchev–Trinajstić information content (AvgIpc) is 2.26. The first kappa shape index (κ1) is 12.0.